The van der Waals surface area contributed by atoms with Crippen molar-refractivity contribution < 1.29 is 14.7 Å². The normalized spacial score (nSPS) is 11.0. The van der Waals surface area contributed by atoms with E-state index < -0.39 is 5.97 Å². The van der Waals surface area contributed by atoms with Crippen LogP contribution in [0.2, 0.25) is 0 Å². The van der Waals surface area contributed by atoms with Crippen LogP contribution >= 0.6 is 0 Å². The number of carboxylic acid groups (broad SMARTS) is 1. The molecule has 1 aromatic carbocycles. The summed E-state index contributed by atoms with van der Waals surface area (Å²) < 4.78 is 2.11. The van der Waals surface area contributed by atoms with E-state index >= 15 is 0 Å². The average Bonchev–Trinajstić information content (AvgIpc) is 2.89. The minimum Gasteiger partial charge on any atom is -0.478 e. The molecule has 0 aliphatic heterocycles. The van der Waals surface area contributed by atoms with Crippen LogP contribution in [0.15, 0.2) is 18.2 Å². The van der Waals surface area contributed by atoms with Crippen molar-refractivity contribution in [3.8, 4) is 0 Å². The number of imidazole rings is 1. The van der Waals surface area contributed by atoms with E-state index in [0.29, 0.717) is 30.9 Å². The highest BCUT2D eigenvalue weighted by Gasteiger charge is 2.14. The van der Waals surface area contributed by atoms with Crippen molar-refractivity contribution in [1.82, 2.24) is 20.2 Å². The zero-order valence-electron chi connectivity index (χ0n) is 15.0. The summed E-state index contributed by atoms with van der Waals surface area (Å²) in [5.74, 6) is 0.314. The molecule has 0 aliphatic rings. The van der Waals surface area contributed by atoms with Gasteiger partial charge < -0.3 is 20.3 Å². The first kappa shape index (κ1) is 18.8. The number of hydrogen-bond donors (Lipinski definition) is 3. The number of nitrogens with zero attached hydrogens (tertiary/aromatic N) is 2. The van der Waals surface area contributed by atoms with Gasteiger partial charge in [-0.1, -0.05) is 20.8 Å². The van der Waals surface area contributed by atoms with E-state index in [1.165, 1.54) is 0 Å². The molecule has 0 saturated carbocycles. The van der Waals surface area contributed by atoms with Gasteiger partial charge in [-0.2, -0.15) is 0 Å². The summed E-state index contributed by atoms with van der Waals surface area (Å²) in [5, 5.41) is 14.7. The number of carboxylic acids is 1. The van der Waals surface area contributed by atoms with E-state index in [1.54, 1.807) is 18.2 Å². The minimum atomic E-state index is -0.962. The van der Waals surface area contributed by atoms with E-state index in [-0.39, 0.29) is 11.6 Å². The largest absolute Gasteiger partial charge is 0.478 e. The van der Waals surface area contributed by atoms with Crippen molar-refractivity contribution in [1.29, 1.82) is 0 Å². The standard InChI is InChI=1S/C18H26N4O3/c1-4-8-19-18(25)20-9-7-16-21-14-10-13(17(23)24)5-6-15(14)22(16)11-12(2)3/h5-6,10,12H,4,7-9,11H2,1-3H3,(H,23,24)(H2,19,20,25). The van der Waals surface area contributed by atoms with Crippen molar-refractivity contribution in [2.24, 2.45) is 5.92 Å². The van der Waals surface area contributed by atoms with Gasteiger partial charge in [0.05, 0.1) is 16.6 Å². The van der Waals surface area contributed by atoms with Crippen LogP contribution in [-0.4, -0.2) is 39.7 Å². The SMILES string of the molecule is CCCNC(=O)NCCc1nc2cc(C(=O)O)ccc2n1CC(C)C. The van der Waals surface area contributed by atoms with Gasteiger partial charge in [0.25, 0.3) is 0 Å². The van der Waals surface area contributed by atoms with Gasteiger partial charge in [-0.25, -0.2) is 14.6 Å². The molecular formula is C18H26N4O3. The average molecular weight is 346 g/mol. The number of hydrogen-bond acceptors (Lipinski definition) is 3. The summed E-state index contributed by atoms with van der Waals surface area (Å²) in [4.78, 5) is 27.4. The van der Waals surface area contributed by atoms with E-state index in [1.807, 2.05) is 6.92 Å². The number of aromatic nitrogens is 2. The fourth-order valence-electron chi connectivity index (χ4n) is 2.66. The van der Waals surface area contributed by atoms with Crippen LogP contribution in [0.25, 0.3) is 11.0 Å². The van der Waals surface area contributed by atoms with Crippen molar-refractivity contribution in [3.05, 3.63) is 29.6 Å². The topological polar surface area (TPSA) is 96.2 Å². The highest BCUT2D eigenvalue weighted by Crippen LogP contribution is 2.20. The first-order chi connectivity index (χ1) is 11.9. The van der Waals surface area contributed by atoms with E-state index in [0.717, 1.165) is 24.3 Å². The van der Waals surface area contributed by atoms with Crippen molar-refractivity contribution in [2.75, 3.05) is 13.1 Å². The molecule has 25 heavy (non-hydrogen) atoms. The molecule has 2 rings (SSSR count). The van der Waals surface area contributed by atoms with Gasteiger partial charge in [0, 0.05) is 26.1 Å². The molecule has 0 fully saturated rings. The molecule has 0 saturated heterocycles. The molecule has 0 radical (unpaired) electrons. The molecule has 2 aromatic rings. The molecule has 1 aromatic heterocycles. The Kier molecular flexibility index (Phi) is 6.38. The Hall–Kier alpha value is -2.57. The maximum Gasteiger partial charge on any atom is 0.335 e. The number of carbonyl (C=O) groups is 2. The predicted octanol–water partition coefficient (Wildman–Crippen LogP) is 2.64. The lowest BCUT2D eigenvalue weighted by molar-refractivity contribution is 0.0697. The van der Waals surface area contributed by atoms with Crippen molar-refractivity contribution in [3.63, 3.8) is 0 Å². The fourth-order valence-corrected chi connectivity index (χ4v) is 2.66. The van der Waals surface area contributed by atoms with Gasteiger partial charge in [0.15, 0.2) is 0 Å². The lowest BCUT2D eigenvalue weighted by Crippen LogP contribution is -2.37. The number of urea groups is 1. The second-order valence-electron chi connectivity index (χ2n) is 6.47. The third kappa shape index (κ3) is 4.95. The van der Waals surface area contributed by atoms with Crippen LogP contribution in [0.5, 0.6) is 0 Å². The molecule has 1 heterocycles. The molecule has 0 spiro atoms. The smallest absolute Gasteiger partial charge is 0.335 e. The molecule has 0 bridgehead atoms. The molecule has 0 atom stereocenters. The maximum atomic E-state index is 11.6. The number of benzene rings is 1. The van der Waals surface area contributed by atoms with Gasteiger partial charge in [0.2, 0.25) is 0 Å². The number of carbonyl (C=O) groups excluding carboxylic acids is 1. The molecular weight excluding hydrogens is 320 g/mol. The Morgan fingerprint density at radius 2 is 1.96 bits per heavy atom. The van der Waals surface area contributed by atoms with Crippen LogP contribution in [0.3, 0.4) is 0 Å². The number of nitrogens with one attached hydrogen (secondary N) is 2. The van der Waals surface area contributed by atoms with E-state index in [4.69, 9.17) is 5.11 Å². The summed E-state index contributed by atoms with van der Waals surface area (Å²) in [6, 6.07) is 4.82. The highest BCUT2D eigenvalue weighted by atomic mass is 16.4. The van der Waals surface area contributed by atoms with Gasteiger partial charge >= 0.3 is 12.0 Å². The summed E-state index contributed by atoms with van der Waals surface area (Å²) in [6.45, 7) is 8.16. The Labute approximate surface area is 147 Å². The first-order valence-corrected chi connectivity index (χ1v) is 8.66. The Balaban J connectivity index is 2.18. The third-order valence-electron chi connectivity index (χ3n) is 3.79. The van der Waals surface area contributed by atoms with Crippen LogP contribution in [-0.2, 0) is 13.0 Å². The number of aromatic carboxylic acids is 1. The van der Waals surface area contributed by atoms with E-state index in [9.17, 15) is 9.59 Å². The molecule has 136 valence electrons. The van der Waals surface area contributed by atoms with Crippen LogP contribution in [0.4, 0.5) is 4.79 Å². The molecule has 0 unspecified atom stereocenters. The predicted molar refractivity (Wildman–Crippen MR) is 96.9 cm³/mol. The zero-order chi connectivity index (χ0) is 18.4. The summed E-state index contributed by atoms with van der Waals surface area (Å²) in [7, 11) is 0. The summed E-state index contributed by atoms with van der Waals surface area (Å²) in [6.07, 6.45) is 1.48. The lowest BCUT2D eigenvalue weighted by atomic mass is 10.2. The van der Waals surface area contributed by atoms with E-state index in [2.05, 4.69) is 34.0 Å². The second kappa shape index (κ2) is 8.50. The first-order valence-electron chi connectivity index (χ1n) is 8.66. The molecule has 7 nitrogen and oxygen atoms in total. The quantitative estimate of drug-likeness (QED) is 0.684. The molecule has 7 heteroatoms. The summed E-state index contributed by atoms with van der Waals surface area (Å²) in [5.41, 5.74) is 1.82. The van der Waals surface area contributed by atoms with Crippen LogP contribution in [0, 0.1) is 5.92 Å². The maximum absolute atomic E-state index is 11.6. The number of rotatable bonds is 8. The van der Waals surface area contributed by atoms with Crippen LogP contribution in [0.1, 0.15) is 43.4 Å². The minimum absolute atomic E-state index is 0.179. The zero-order valence-corrected chi connectivity index (χ0v) is 15.0. The third-order valence-corrected chi connectivity index (χ3v) is 3.79. The van der Waals surface area contributed by atoms with Gasteiger partial charge in [-0.15, -0.1) is 0 Å². The molecule has 0 aliphatic carbocycles. The van der Waals surface area contributed by atoms with Crippen LogP contribution < -0.4 is 10.6 Å². The molecule has 2 amide bonds. The molecule has 3 N–H and O–H groups in total. The highest BCUT2D eigenvalue weighted by molar-refractivity contribution is 5.92. The Morgan fingerprint density at radius 3 is 2.60 bits per heavy atom. The number of amides is 2. The number of fused-ring (bicyclic) bond motifs is 1. The lowest BCUT2D eigenvalue weighted by Gasteiger charge is -2.12. The second-order valence-corrected chi connectivity index (χ2v) is 6.47. The van der Waals surface area contributed by atoms with Gasteiger partial charge in [-0.05, 0) is 30.5 Å². The van der Waals surface area contributed by atoms with Gasteiger partial charge in [-0.3, -0.25) is 0 Å². The summed E-state index contributed by atoms with van der Waals surface area (Å²) >= 11 is 0. The van der Waals surface area contributed by atoms with Crippen molar-refractivity contribution in [2.45, 2.75) is 40.2 Å². The van der Waals surface area contributed by atoms with Crippen molar-refractivity contribution >= 4 is 23.0 Å². The Morgan fingerprint density at radius 1 is 1.24 bits per heavy atom. The fraction of sp³-hybridized carbons (Fsp3) is 0.500. The monoisotopic (exact) mass is 346 g/mol. The Bertz CT molecular complexity index is 752. The van der Waals surface area contributed by atoms with Gasteiger partial charge in [0.1, 0.15) is 5.82 Å².